The van der Waals surface area contributed by atoms with E-state index in [-0.39, 0.29) is 0 Å². The van der Waals surface area contributed by atoms with E-state index in [0.29, 0.717) is 0 Å². The molecule has 0 saturated heterocycles. The number of nitrogens with two attached hydrogens (primary N) is 1. The highest BCUT2D eigenvalue weighted by molar-refractivity contribution is 5.05. The number of unbranched alkanes of at least 4 members (excludes halogenated alkanes) is 1. The van der Waals surface area contributed by atoms with Gasteiger partial charge in [0.2, 0.25) is 0 Å². The molecule has 0 spiro atoms. The second-order valence-corrected chi connectivity index (χ2v) is 3.01. The van der Waals surface area contributed by atoms with Gasteiger partial charge in [-0.05, 0) is 26.3 Å². The molecule has 0 aliphatic carbocycles. The van der Waals surface area contributed by atoms with Gasteiger partial charge in [-0.25, -0.2) is 0 Å². The van der Waals surface area contributed by atoms with Crippen LogP contribution in [0.3, 0.4) is 0 Å². The minimum Gasteiger partial charge on any atom is -0.320 e. The largest absolute Gasteiger partial charge is 0.320 e. The highest BCUT2D eigenvalue weighted by atomic mass is 14.8. The molecule has 0 saturated carbocycles. The molecule has 2 N–H and O–H groups in total. The monoisotopic (exact) mass is 154 g/mol. The van der Waals surface area contributed by atoms with E-state index in [1.807, 2.05) is 0 Å². The van der Waals surface area contributed by atoms with Gasteiger partial charge in [-0.15, -0.1) is 0 Å². The minimum atomic E-state index is 1.21. The van der Waals surface area contributed by atoms with Crippen molar-refractivity contribution < 1.29 is 5.32 Å². The molecule has 0 aliphatic rings. The fourth-order valence-electron chi connectivity index (χ4n) is 0.745. The third-order valence-electron chi connectivity index (χ3n) is 1.40. The van der Waals surface area contributed by atoms with Crippen LogP contribution >= 0.6 is 0 Å². The Balaban J connectivity index is 3.23. The van der Waals surface area contributed by atoms with Crippen molar-refractivity contribution in [2.45, 2.75) is 33.6 Å². The van der Waals surface area contributed by atoms with Crippen molar-refractivity contribution in [2.24, 2.45) is 0 Å². The van der Waals surface area contributed by atoms with Crippen LogP contribution in [-0.2, 0) is 0 Å². The zero-order valence-electron chi connectivity index (χ0n) is 7.93. The SMILES string of the molecule is CCCC[NH2+]/C=C\C=C(C)C. The molecule has 0 aromatic carbocycles. The molecule has 0 amide bonds. The summed E-state index contributed by atoms with van der Waals surface area (Å²) < 4.78 is 0. The molecule has 0 aromatic rings. The lowest BCUT2D eigenvalue weighted by atomic mass is 10.3. The molecule has 0 radical (unpaired) electrons. The van der Waals surface area contributed by atoms with Gasteiger partial charge in [-0.2, -0.15) is 0 Å². The van der Waals surface area contributed by atoms with E-state index in [2.05, 4.69) is 44.4 Å². The van der Waals surface area contributed by atoms with Crippen LogP contribution in [-0.4, -0.2) is 6.54 Å². The molecule has 0 heterocycles. The van der Waals surface area contributed by atoms with Gasteiger partial charge in [0.1, 0.15) is 0 Å². The maximum absolute atomic E-state index is 2.23. The van der Waals surface area contributed by atoms with Crippen LogP contribution < -0.4 is 5.32 Å². The van der Waals surface area contributed by atoms with E-state index in [0.717, 1.165) is 0 Å². The Morgan fingerprint density at radius 1 is 1.36 bits per heavy atom. The van der Waals surface area contributed by atoms with Crippen LogP contribution in [0.15, 0.2) is 23.9 Å². The second-order valence-electron chi connectivity index (χ2n) is 3.01. The average molecular weight is 154 g/mol. The van der Waals surface area contributed by atoms with Crippen molar-refractivity contribution in [2.75, 3.05) is 6.54 Å². The highest BCUT2D eigenvalue weighted by Gasteiger charge is 1.81. The Labute approximate surface area is 70.2 Å². The fraction of sp³-hybridized carbons (Fsp3) is 0.600. The highest BCUT2D eigenvalue weighted by Crippen LogP contribution is 1.86. The number of hydrogen-bond acceptors (Lipinski definition) is 0. The van der Waals surface area contributed by atoms with Crippen LogP contribution in [0.5, 0.6) is 0 Å². The predicted octanol–water partition coefficient (Wildman–Crippen LogP) is 1.83. The third kappa shape index (κ3) is 9.44. The first-order valence-corrected chi connectivity index (χ1v) is 4.40. The van der Waals surface area contributed by atoms with Crippen molar-refractivity contribution in [1.82, 2.24) is 0 Å². The molecular weight excluding hydrogens is 134 g/mol. The van der Waals surface area contributed by atoms with Gasteiger partial charge >= 0.3 is 0 Å². The van der Waals surface area contributed by atoms with Crippen LogP contribution in [0.25, 0.3) is 0 Å². The van der Waals surface area contributed by atoms with Crippen LogP contribution in [0, 0.1) is 0 Å². The Bertz CT molecular complexity index is 130. The standard InChI is InChI=1S/C10H19N/c1-4-5-8-11-9-6-7-10(2)3/h6-7,9,11H,4-5,8H2,1-3H3/p+1/b9-6-. The number of hydrogen-bond donors (Lipinski definition) is 1. The lowest BCUT2D eigenvalue weighted by Crippen LogP contribution is -2.77. The summed E-state index contributed by atoms with van der Waals surface area (Å²) in [6.45, 7) is 7.64. The Hall–Kier alpha value is -0.560. The summed E-state index contributed by atoms with van der Waals surface area (Å²) in [4.78, 5) is 0. The van der Waals surface area contributed by atoms with Gasteiger partial charge in [-0.1, -0.05) is 25.0 Å². The van der Waals surface area contributed by atoms with Crippen molar-refractivity contribution in [3.63, 3.8) is 0 Å². The first-order chi connectivity index (χ1) is 5.27. The van der Waals surface area contributed by atoms with Crippen LogP contribution in [0.2, 0.25) is 0 Å². The lowest BCUT2D eigenvalue weighted by molar-refractivity contribution is -0.588. The molecule has 0 rings (SSSR count). The summed E-state index contributed by atoms with van der Waals surface area (Å²) in [6, 6.07) is 0. The minimum absolute atomic E-state index is 1.21. The van der Waals surface area contributed by atoms with Crippen molar-refractivity contribution >= 4 is 0 Å². The van der Waals surface area contributed by atoms with Gasteiger partial charge in [0.25, 0.3) is 0 Å². The molecule has 1 nitrogen and oxygen atoms in total. The van der Waals surface area contributed by atoms with Crippen LogP contribution in [0.4, 0.5) is 0 Å². The molecule has 0 aromatic heterocycles. The quantitative estimate of drug-likeness (QED) is 0.459. The Morgan fingerprint density at radius 2 is 2.09 bits per heavy atom. The van der Waals surface area contributed by atoms with E-state index in [9.17, 15) is 0 Å². The molecule has 0 atom stereocenters. The fourth-order valence-corrected chi connectivity index (χ4v) is 0.745. The Morgan fingerprint density at radius 3 is 2.64 bits per heavy atom. The lowest BCUT2D eigenvalue weighted by Gasteiger charge is -1.90. The normalized spacial score (nSPS) is 10.5. The molecule has 1 heteroatoms. The van der Waals surface area contributed by atoms with Crippen molar-refractivity contribution in [1.29, 1.82) is 0 Å². The zero-order chi connectivity index (χ0) is 8.53. The van der Waals surface area contributed by atoms with E-state index in [1.54, 1.807) is 0 Å². The average Bonchev–Trinajstić information content (AvgIpc) is 1.96. The maximum atomic E-state index is 2.23. The first-order valence-electron chi connectivity index (χ1n) is 4.40. The number of allylic oxidation sites excluding steroid dienone is 3. The molecule has 0 aliphatic heterocycles. The van der Waals surface area contributed by atoms with Crippen molar-refractivity contribution in [3.8, 4) is 0 Å². The van der Waals surface area contributed by atoms with E-state index in [1.165, 1.54) is 25.0 Å². The van der Waals surface area contributed by atoms with Gasteiger partial charge in [0.05, 0.1) is 12.7 Å². The Kier molecular flexibility index (Phi) is 7.16. The van der Waals surface area contributed by atoms with E-state index >= 15 is 0 Å². The topological polar surface area (TPSA) is 16.6 Å². The smallest absolute Gasteiger partial charge is 0.0925 e. The van der Waals surface area contributed by atoms with E-state index < -0.39 is 0 Å². The molecular formula is C10H20N+. The second kappa shape index (κ2) is 7.55. The van der Waals surface area contributed by atoms with Gasteiger partial charge in [0.15, 0.2) is 0 Å². The maximum Gasteiger partial charge on any atom is 0.0925 e. The number of rotatable bonds is 5. The zero-order valence-corrected chi connectivity index (χ0v) is 7.93. The van der Waals surface area contributed by atoms with Crippen molar-refractivity contribution in [3.05, 3.63) is 23.9 Å². The molecule has 0 unspecified atom stereocenters. The third-order valence-corrected chi connectivity index (χ3v) is 1.40. The predicted molar refractivity (Wildman–Crippen MR) is 50.3 cm³/mol. The summed E-state index contributed by atoms with van der Waals surface area (Å²) in [6.07, 6.45) is 8.95. The molecule has 0 fully saturated rings. The molecule has 11 heavy (non-hydrogen) atoms. The summed E-state index contributed by atoms with van der Waals surface area (Å²) >= 11 is 0. The van der Waals surface area contributed by atoms with Gasteiger partial charge in [0, 0.05) is 0 Å². The van der Waals surface area contributed by atoms with Crippen LogP contribution in [0.1, 0.15) is 33.6 Å². The van der Waals surface area contributed by atoms with Gasteiger partial charge < -0.3 is 5.32 Å². The first kappa shape index (κ1) is 10.4. The number of quaternary nitrogens is 1. The molecule has 0 bridgehead atoms. The van der Waals surface area contributed by atoms with E-state index in [4.69, 9.17) is 0 Å². The summed E-state index contributed by atoms with van der Waals surface area (Å²) in [5.41, 5.74) is 1.35. The van der Waals surface area contributed by atoms with Gasteiger partial charge in [-0.3, -0.25) is 0 Å². The molecule has 64 valence electrons. The summed E-state index contributed by atoms with van der Waals surface area (Å²) in [5, 5.41) is 2.23. The summed E-state index contributed by atoms with van der Waals surface area (Å²) in [5.74, 6) is 0. The summed E-state index contributed by atoms with van der Waals surface area (Å²) in [7, 11) is 0.